The Morgan fingerprint density at radius 2 is 2.00 bits per heavy atom. The molecule has 0 heterocycles. The molecule has 1 aromatic carbocycles. The van der Waals surface area contributed by atoms with Crippen LogP contribution in [0.4, 0.5) is 5.69 Å². The van der Waals surface area contributed by atoms with Crippen LogP contribution in [0.1, 0.15) is 26.7 Å². The predicted molar refractivity (Wildman–Crippen MR) is 83.2 cm³/mol. The summed E-state index contributed by atoms with van der Waals surface area (Å²) in [7, 11) is 3.74. The van der Waals surface area contributed by atoms with E-state index in [1.165, 1.54) is 0 Å². The topological polar surface area (TPSA) is 48.3 Å². The molecule has 110 valence electrons. The molecule has 1 atom stereocenters. The van der Waals surface area contributed by atoms with Crippen LogP contribution in [-0.4, -0.2) is 32.8 Å². The van der Waals surface area contributed by atoms with Gasteiger partial charge < -0.3 is 9.64 Å². The minimum absolute atomic E-state index is 0.421. The molecule has 0 bridgehead atoms. The van der Waals surface area contributed by atoms with E-state index >= 15 is 0 Å². The van der Waals surface area contributed by atoms with E-state index in [2.05, 4.69) is 23.3 Å². The van der Waals surface area contributed by atoms with Gasteiger partial charge in [-0.25, -0.2) is 0 Å². The summed E-state index contributed by atoms with van der Waals surface area (Å²) in [5.41, 5.74) is 0.739. The van der Waals surface area contributed by atoms with E-state index in [0.717, 1.165) is 37.4 Å². The Bertz CT molecular complexity index is 438. The van der Waals surface area contributed by atoms with Gasteiger partial charge in [-0.3, -0.25) is 5.32 Å². The summed E-state index contributed by atoms with van der Waals surface area (Å²) in [5, 5.41) is 12.5. The van der Waals surface area contributed by atoms with Crippen LogP contribution < -0.4 is 15.0 Å². The van der Waals surface area contributed by atoms with Crippen molar-refractivity contribution in [2.24, 2.45) is 0 Å². The second-order valence-electron chi connectivity index (χ2n) is 5.20. The van der Waals surface area contributed by atoms with Gasteiger partial charge in [-0.2, -0.15) is 5.26 Å². The summed E-state index contributed by atoms with van der Waals surface area (Å²) >= 11 is 0. The first-order valence-electron chi connectivity index (χ1n) is 7.06. The van der Waals surface area contributed by atoms with Crippen molar-refractivity contribution in [1.82, 2.24) is 5.32 Å². The second kappa shape index (κ2) is 7.76. The highest BCUT2D eigenvalue weighted by Gasteiger charge is 2.21. The molecule has 0 aromatic heterocycles. The Hall–Kier alpha value is -1.73. The fourth-order valence-electron chi connectivity index (χ4n) is 2.21. The highest BCUT2D eigenvalue weighted by atomic mass is 16.5. The first kappa shape index (κ1) is 16.3. The van der Waals surface area contributed by atoms with Gasteiger partial charge in [0, 0.05) is 19.3 Å². The van der Waals surface area contributed by atoms with Crippen molar-refractivity contribution in [3.63, 3.8) is 0 Å². The first-order valence-corrected chi connectivity index (χ1v) is 7.06. The van der Waals surface area contributed by atoms with Gasteiger partial charge in [0.2, 0.25) is 0 Å². The molecule has 0 radical (unpaired) electrons. The molecule has 0 fully saturated rings. The van der Waals surface area contributed by atoms with Crippen LogP contribution in [0.15, 0.2) is 24.3 Å². The number of benzene rings is 1. The van der Waals surface area contributed by atoms with Crippen LogP contribution in [0.3, 0.4) is 0 Å². The molecule has 0 aliphatic carbocycles. The number of hydrogen-bond donors (Lipinski definition) is 1. The van der Waals surface area contributed by atoms with Crippen LogP contribution in [0.2, 0.25) is 0 Å². The fraction of sp³-hybridized carbons (Fsp3) is 0.562. The lowest BCUT2D eigenvalue weighted by Crippen LogP contribution is -2.41. The largest absolute Gasteiger partial charge is 0.497 e. The van der Waals surface area contributed by atoms with Gasteiger partial charge >= 0.3 is 0 Å². The summed E-state index contributed by atoms with van der Waals surface area (Å²) < 4.78 is 5.15. The lowest BCUT2D eigenvalue weighted by atomic mass is 9.97. The molecule has 0 aliphatic rings. The monoisotopic (exact) mass is 275 g/mol. The van der Waals surface area contributed by atoms with E-state index in [1.807, 2.05) is 38.1 Å². The van der Waals surface area contributed by atoms with Crippen molar-refractivity contribution in [2.75, 3.05) is 32.1 Å². The molecule has 0 saturated heterocycles. The van der Waals surface area contributed by atoms with Crippen molar-refractivity contribution in [1.29, 1.82) is 5.26 Å². The normalized spacial score (nSPS) is 13.3. The number of hydrogen-bond acceptors (Lipinski definition) is 4. The van der Waals surface area contributed by atoms with Crippen LogP contribution in [0.5, 0.6) is 5.75 Å². The summed E-state index contributed by atoms with van der Waals surface area (Å²) in [6.45, 7) is 5.73. The molecule has 4 heteroatoms. The first-order chi connectivity index (χ1) is 9.54. The van der Waals surface area contributed by atoms with E-state index < -0.39 is 5.54 Å². The molecule has 0 saturated carbocycles. The van der Waals surface area contributed by atoms with Gasteiger partial charge in [0.05, 0.1) is 13.2 Å². The number of anilines is 1. The third-order valence-electron chi connectivity index (χ3n) is 3.50. The van der Waals surface area contributed by atoms with E-state index in [4.69, 9.17) is 4.74 Å². The number of nitriles is 1. The van der Waals surface area contributed by atoms with Gasteiger partial charge in [0.25, 0.3) is 0 Å². The van der Waals surface area contributed by atoms with E-state index in [0.29, 0.717) is 0 Å². The average Bonchev–Trinajstić information content (AvgIpc) is 2.47. The number of nitrogens with one attached hydrogen (secondary N) is 1. The zero-order chi connectivity index (χ0) is 15.0. The SMILES string of the molecule is CCNC(C)(C#N)CCCN(C)c1ccc(OC)cc1. The minimum atomic E-state index is -0.421. The predicted octanol–water partition coefficient (Wildman–Crippen LogP) is 2.80. The molecule has 0 spiro atoms. The molecule has 4 nitrogen and oxygen atoms in total. The van der Waals surface area contributed by atoms with Gasteiger partial charge in [-0.05, 0) is 50.6 Å². The molecule has 1 rings (SSSR count). The van der Waals surface area contributed by atoms with Crippen molar-refractivity contribution in [2.45, 2.75) is 32.2 Å². The van der Waals surface area contributed by atoms with Crippen LogP contribution in [0, 0.1) is 11.3 Å². The van der Waals surface area contributed by atoms with Gasteiger partial charge in [-0.15, -0.1) is 0 Å². The fourth-order valence-corrected chi connectivity index (χ4v) is 2.21. The standard InChI is InChI=1S/C16H25N3O/c1-5-18-16(2,13-17)11-6-12-19(3)14-7-9-15(20-4)10-8-14/h7-10,18H,5-6,11-12H2,1-4H3. The molecule has 20 heavy (non-hydrogen) atoms. The number of methoxy groups -OCH3 is 1. The molecular weight excluding hydrogens is 250 g/mol. The Balaban J connectivity index is 2.46. The summed E-state index contributed by atoms with van der Waals surface area (Å²) in [4.78, 5) is 2.20. The lowest BCUT2D eigenvalue weighted by Gasteiger charge is -2.25. The maximum Gasteiger partial charge on any atom is 0.119 e. The van der Waals surface area contributed by atoms with Crippen molar-refractivity contribution in [3.05, 3.63) is 24.3 Å². The quantitative estimate of drug-likeness (QED) is 0.792. The van der Waals surface area contributed by atoms with Gasteiger partial charge in [0.1, 0.15) is 11.3 Å². The second-order valence-corrected chi connectivity index (χ2v) is 5.20. The molecule has 1 unspecified atom stereocenters. The minimum Gasteiger partial charge on any atom is -0.497 e. The zero-order valence-electron chi connectivity index (χ0n) is 12.9. The smallest absolute Gasteiger partial charge is 0.119 e. The maximum atomic E-state index is 9.22. The van der Waals surface area contributed by atoms with Crippen molar-refractivity contribution in [3.8, 4) is 11.8 Å². The van der Waals surface area contributed by atoms with Crippen LogP contribution in [0.25, 0.3) is 0 Å². The maximum absolute atomic E-state index is 9.22. The Labute approximate surface area is 122 Å². The van der Waals surface area contributed by atoms with Gasteiger partial charge in [0.15, 0.2) is 0 Å². The van der Waals surface area contributed by atoms with Crippen LogP contribution >= 0.6 is 0 Å². The van der Waals surface area contributed by atoms with Crippen LogP contribution in [-0.2, 0) is 0 Å². The Morgan fingerprint density at radius 1 is 1.35 bits per heavy atom. The average molecular weight is 275 g/mol. The summed E-state index contributed by atoms with van der Waals surface area (Å²) in [6, 6.07) is 10.4. The number of ether oxygens (including phenoxy) is 1. The summed E-state index contributed by atoms with van der Waals surface area (Å²) in [5.74, 6) is 0.867. The Kier molecular flexibility index (Phi) is 6.33. The van der Waals surface area contributed by atoms with E-state index in [-0.39, 0.29) is 0 Å². The third kappa shape index (κ3) is 4.75. The number of nitrogens with zero attached hydrogens (tertiary/aromatic N) is 2. The molecule has 1 N–H and O–H groups in total. The Morgan fingerprint density at radius 3 is 2.50 bits per heavy atom. The van der Waals surface area contributed by atoms with Crippen molar-refractivity contribution >= 4 is 5.69 Å². The molecular formula is C16H25N3O. The molecule has 1 aromatic rings. The highest BCUT2D eigenvalue weighted by Crippen LogP contribution is 2.19. The van der Waals surface area contributed by atoms with E-state index in [9.17, 15) is 5.26 Å². The molecule has 0 aliphatic heterocycles. The lowest BCUT2D eigenvalue weighted by molar-refractivity contribution is 0.414. The zero-order valence-corrected chi connectivity index (χ0v) is 12.9. The van der Waals surface area contributed by atoms with E-state index in [1.54, 1.807) is 7.11 Å². The highest BCUT2D eigenvalue weighted by molar-refractivity contribution is 5.48. The van der Waals surface area contributed by atoms with Gasteiger partial charge in [-0.1, -0.05) is 6.92 Å². The number of rotatable bonds is 8. The summed E-state index contributed by atoms with van der Waals surface area (Å²) in [6.07, 6.45) is 1.82. The molecule has 0 amide bonds. The third-order valence-corrected chi connectivity index (χ3v) is 3.50. The van der Waals surface area contributed by atoms with Crippen molar-refractivity contribution < 1.29 is 4.74 Å².